The number of anilines is 1. The lowest BCUT2D eigenvalue weighted by Crippen LogP contribution is -2.34. The highest BCUT2D eigenvalue weighted by atomic mass is 32.2. The van der Waals surface area contributed by atoms with Gasteiger partial charge in [0, 0.05) is 25.4 Å². The summed E-state index contributed by atoms with van der Waals surface area (Å²) < 4.78 is 32.6. The molecule has 5 nitrogen and oxygen atoms in total. The van der Waals surface area contributed by atoms with Crippen LogP contribution in [0.4, 0.5) is 5.69 Å². The van der Waals surface area contributed by atoms with Crippen molar-refractivity contribution in [3.05, 3.63) is 22.8 Å². The maximum atomic E-state index is 12.9. The van der Waals surface area contributed by atoms with Gasteiger partial charge in [0.2, 0.25) is 10.0 Å². The van der Waals surface area contributed by atoms with Gasteiger partial charge in [0.05, 0.1) is 11.5 Å². The minimum Gasteiger partial charge on any atom is -0.398 e. The molecule has 1 aliphatic rings. The first kappa shape index (κ1) is 15.3. The molecule has 0 aromatic heterocycles. The van der Waals surface area contributed by atoms with Crippen LogP contribution in [0, 0.1) is 20.8 Å². The summed E-state index contributed by atoms with van der Waals surface area (Å²) in [5, 5.41) is 0. The summed E-state index contributed by atoms with van der Waals surface area (Å²) in [5.74, 6) is 0. The predicted octanol–water partition coefficient (Wildman–Crippen LogP) is 1.61. The van der Waals surface area contributed by atoms with Crippen molar-refractivity contribution in [1.82, 2.24) is 4.31 Å². The average Bonchev–Trinajstić information content (AvgIpc) is 2.65. The fourth-order valence-corrected chi connectivity index (χ4v) is 4.52. The summed E-state index contributed by atoms with van der Waals surface area (Å²) in [6.07, 6.45) is 0.721. The van der Waals surface area contributed by atoms with Crippen molar-refractivity contribution < 1.29 is 13.2 Å². The number of hydrogen-bond donors (Lipinski definition) is 1. The number of sulfonamides is 1. The number of nitrogen functional groups attached to an aromatic ring is 1. The molecule has 0 aliphatic carbocycles. The molecule has 1 aliphatic heterocycles. The van der Waals surface area contributed by atoms with E-state index in [1.807, 2.05) is 19.9 Å². The normalized spacial score (nSPS) is 17.9. The molecule has 0 spiro atoms. The molecule has 0 radical (unpaired) electrons. The second kappa shape index (κ2) is 5.71. The van der Waals surface area contributed by atoms with Crippen LogP contribution < -0.4 is 5.73 Å². The summed E-state index contributed by atoms with van der Waals surface area (Å²) >= 11 is 0. The Morgan fingerprint density at radius 1 is 1.15 bits per heavy atom. The Balaban J connectivity index is 2.54. The van der Waals surface area contributed by atoms with Gasteiger partial charge < -0.3 is 10.5 Å². The molecule has 1 aromatic carbocycles. The molecule has 0 atom stereocenters. The highest BCUT2D eigenvalue weighted by molar-refractivity contribution is 7.89. The molecule has 0 saturated carbocycles. The van der Waals surface area contributed by atoms with Crippen molar-refractivity contribution in [1.29, 1.82) is 0 Å². The van der Waals surface area contributed by atoms with Crippen LogP contribution in [0.1, 0.15) is 23.1 Å². The zero-order valence-corrected chi connectivity index (χ0v) is 13.1. The van der Waals surface area contributed by atoms with Crippen LogP contribution in [0.3, 0.4) is 0 Å². The average molecular weight is 298 g/mol. The summed E-state index contributed by atoms with van der Waals surface area (Å²) in [6.45, 7) is 7.43. The Kier molecular flexibility index (Phi) is 4.36. The van der Waals surface area contributed by atoms with Crippen LogP contribution in [0.15, 0.2) is 11.0 Å². The van der Waals surface area contributed by atoms with E-state index >= 15 is 0 Å². The predicted molar refractivity (Wildman–Crippen MR) is 79.3 cm³/mol. The maximum Gasteiger partial charge on any atom is 0.243 e. The third-order valence-electron chi connectivity index (χ3n) is 3.86. The minimum absolute atomic E-state index is 0.358. The summed E-state index contributed by atoms with van der Waals surface area (Å²) in [6, 6.07) is 1.83. The second-order valence-corrected chi connectivity index (χ2v) is 7.11. The van der Waals surface area contributed by atoms with Crippen LogP contribution in [0.25, 0.3) is 0 Å². The Bertz CT molecular complexity index is 577. The van der Waals surface area contributed by atoms with E-state index in [2.05, 4.69) is 0 Å². The number of benzene rings is 1. The Morgan fingerprint density at radius 2 is 1.85 bits per heavy atom. The van der Waals surface area contributed by atoms with Crippen LogP contribution in [0.2, 0.25) is 0 Å². The lowest BCUT2D eigenvalue weighted by Gasteiger charge is -2.23. The fourth-order valence-electron chi connectivity index (χ4n) is 2.52. The van der Waals surface area contributed by atoms with E-state index in [-0.39, 0.29) is 0 Å². The van der Waals surface area contributed by atoms with Crippen LogP contribution >= 0.6 is 0 Å². The molecule has 112 valence electrons. The number of aryl methyl sites for hydroxylation is 1. The minimum atomic E-state index is -3.52. The van der Waals surface area contributed by atoms with Gasteiger partial charge in [-0.25, -0.2) is 8.42 Å². The van der Waals surface area contributed by atoms with E-state index in [0.717, 1.165) is 17.5 Å². The molecule has 1 heterocycles. The van der Waals surface area contributed by atoms with E-state index in [0.29, 0.717) is 42.4 Å². The quantitative estimate of drug-likeness (QED) is 0.842. The van der Waals surface area contributed by atoms with Gasteiger partial charge in [0.1, 0.15) is 0 Å². The molecule has 2 N–H and O–H groups in total. The fraction of sp³-hybridized carbons (Fsp3) is 0.571. The van der Waals surface area contributed by atoms with Crippen LogP contribution in [-0.4, -0.2) is 39.0 Å². The van der Waals surface area contributed by atoms with Crippen LogP contribution in [-0.2, 0) is 14.8 Å². The van der Waals surface area contributed by atoms with E-state index in [1.165, 1.54) is 4.31 Å². The lowest BCUT2D eigenvalue weighted by molar-refractivity contribution is 0.148. The van der Waals surface area contributed by atoms with Gasteiger partial charge in [-0.15, -0.1) is 0 Å². The van der Waals surface area contributed by atoms with Crippen molar-refractivity contribution in [3.8, 4) is 0 Å². The molecule has 1 fully saturated rings. The monoisotopic (exact) mass is 298 g/mol. The molecule has 0 unspecified atom stereocenters. The molecule has 6 heteroatoms. The molecule has 0 amide bonds. The molecular weight excluding hydrogens is 276 g/mol. The topological polar surface area (TPSA) is 72.6 Å². The number of nitrogens with zero attached hydrogens (tertiary/aromatic N) is 1. The van der Waals surface area contributed by atoms with Crippen molar-refractivity contribution in [2.45, 2.75) is 32.1 Å². The molecule has 1 aromatic rings. The molecule has 0 bridgehead atoms. The summed E-state index contributed by atoms with van der Waals surface area (Å²) in [7, 11) is -3.52. The zero-order chi connectivity index (χ0) is 14.9. The van der Waals surface area contributed by atoms with Crippen molar-refractivity contribution >= 4 is 15.7 Å². The Morgan fingerprint density at radius 3 is 2.55 bits per heavy atom. The summed E-state index contributed by atoms with van der Waals surface area (Å²) in [4.78, 5) is 0.358. The molecule has 2 rings (SSSR count). The standard InChI is InChI=1S/C14H22N2O3S/c1-10-9-13(15)12(3)14(11(10)2)20(17,18)16-5-4-7-19-8-6-16/h9H,4-8,15H2,1-3H3. The van der Waals surface area contributed by atoms with E-state index in [9.17, 15) is 8.42 Å². The largest absolute Gasteiger partial charge is 0.398 e. The van der Waals surface area contributed by atoms with Gasteiger partial charge >= 0.3 is 0 Å². The highest BCUT2D eigenvalue weighted by Crippen LogP contribution is 2.30. The van der Waals surface area contributed by atoms with Gasteiger partial charge in [0.15, 0.2) is 0 Å². The first-order chi connectivity index (χ1) is 9.35. The van der Waals surface area contributed by atoms with Crippen molar-refractivity contribution in [2.75, 3.05) is 32.0 Å². The van der Waals surface area contributed by atoms with E-state index in [1.54, 1.807) is 6.92 Å². The SMILES string of the molecule is Cc1cc(N)c(C)c(S(=O)(=O)N2CCCOCC2)c1C. The summed E-state index contributed by atoms with van der Waals surface area (Å²) in [5.41, 5.74) is 8.78. The second-order valence-electron chi connectivity index (χ2n) is 5.23. The van der Waals surface area contributed by atoms with Gasteiger partial charge in [-0.05, 0) is 49.9 Å². The van der Waals surface area contributed by atoms with Gasteiger partial charge in [-0.1, -0.05) is 0 Å². The van der Waals surface area contributed by atoms with Gasteiger partial charge in [0.25, 0.3) is 0 Å². The first-order valence-corrected chi connectivity index (χ1v) is 8.24. The Labute approximate surface area is 120 Å². The van der Waals surface area contributed by atoms with Gasteiger partial charge in [-0.3, -0.25) is 0 Å². The van der Waals surface area contributed by atoms with Crippen LogP contribution in [0.5, 0.6) is 0 Å². The molecular formula is C14H22N2O3S. The van der Waals surface area contributed by atoms with E-state index in [4.69, 9.17) is 10.5 Å². The number of rotatable bonds is 2. The smallest absolute Gasteiger partial charge is 0.243 e. The third-order valence-corrected chi connectivity index (χ3v) is 6.03. The Hall–Kier alpha value is -1.11. The number of hydrogen-bond acceptors (Lipinski definition) is 4. The zero-order valence-electron chi connectivity index (χ0n) is 12.3. The molecule has 1 saturated heterocycles. The third kappa shape index (κ3) is 2.68. The van der Waals surface area contributed by atoms with Gasteiger partial charge in [-0.2, -0.15) is 4.31 Å². The van der Waals surface area contributed by atoms with Crippen molar-refractivity contribution in [2.24, 2.45) is 0 Å². The molecule has 20 heavy (non-hydrogen) atoms. The maximum absolute atomic E-state index is 12.9. The number of ether oxygens (including phenoxy) is 1. The van der Waals surface area contributed by atoms with Crippen molar-refractivity contribution in [3.63, 3.8) is 0 Å². The van der Waals surface area contributed by atoms with E-state index < -0.39 is 10.0 Å². The highest BCUT2D eigenvalue weighted by Gasteiger charge is 2.29. The first-order valence-electron chi connectivity index (χ1n) is 6.80. The number of nitrogens with two attached hydrogens (primary N) is 1. The lowest BCUT2D eigenvalue weighted by atomic mass is 10.1.